The molecule has 0 bridgehead atoms. The summed E-state index contributed by atoms with van der Waals surface area (Å²) in [6.45, 7) is 0. The Kier molecular flexibility index (Phi) is 7.12. The molecule has 7 nitrogen and oxygen atoms in total. The van der Waals surface area contributed by atoms with E-state index in [2.05, 4.69) is 35.5 Å². The number of hydrogen-bond donors (Lipinski definition) is 1. The molecule has 0 aliphatic heterocycles. The topological polar surface area (TPSA) is 98.2 Å². The van der Waals surface area contributed by atoms with Crippen molar-refractivity contribution in [2.75, 3.05) is 0 Å². The molecule has 0 atom stereocenters. The highest BCUT2D eigenvalue weighted by atomic mass is 19.1. The van der Waals surface area contributed by atoms with Crippen LogP contribution in [-0.2, 0) is 17.6 Å². The molecule has 0 radical (unpaired) electrons. The molecule has 0 unspecified atom stereocenters. The number of aromatic nitrogens is 3. The van der Waals surface area contributed by atoms with Gasteiger partial charge < -0.3 is 9.63 Å². The third kappa shape index (κ3) is 5.63. The number of fused-ring (bicyclic) bond motifs is 2. The van der Waals surface area contributed by atoms with Crippen LogP contribution in [0.15, 0.2) is 100 Å². The highest BCUT2D eigenvalue weighted by molar-refractivity contribution is 5.84. The van der Waals surface area contributed by atoms with E-state index in [9.17, 15) is 14.0 Å². The Bertz CT molecular complexity index is 1940. The van der Waals surface area contributed by atoms with Crippen molar-refractivity contribution in [1.29, 1.82) is 0 Å². The minimum atomic E-state index is -0.871. The standard InChI is InChI=1S/C33H26FN3O4/c34-25-12-14-26(15-13-25)37-31(7-3-4-8-32(38)39)35-30-19-24(11-16-28(30)33(37)40)29-20-27(41-36-29)18-21-9-10-22-5-1-2-6-23(22)17-21/h1-2,5-6,9-17,19-20H,3-4,7-8,18H2,(H,38,39). The van der Waals surface area contributed by atoms with Crippen LogP contribution in [0.3, 0.4) is 0 Å². The summed E-state index contributed by atoms with van der Waals surface area (Å²) >= 11 is 0. The van der Waals surface area contributed by atoms with Gasteiger partial charge in [-0.05, 0) is 65.6 Å². The van der Waals surface area contributed by atoms with Gasteiger partial charge in [0.05, 0.1) is 16.6 Å². The van der Waals surface area contributed by atoms with Crippen LogP contribution in [0.4, 0.5) is 4.39 Å². The Morgan fingerprint density at radius 2 is 1.71 bits per heavy atom. The molecule has 0 spiro atoms. The van der Waals surface area contributed by atoms with Crippen molar-refractivity contribution < 1.29 is 18.8 Å². The Labute approximate surface area is 234 Å². The van der Waals surface area contributed by atoms with Crippen LogP contribution in [0.1, 0.15) is 36.4 Å². The van der Waals surface area contributed by atoms with E-state index in [1.165, 1.54) is 34.2 Å². The molecule has 0 saturated heterocycles. The second-order valence-electron chi connectivity index (χ2n) is 10.0. The summed E-state index contributed by atoms with van der Waals surface area (Å²) in [5.74, 6) is -0.0802. The van der Waals surface area contributed by atoms with E-state index in [0.29, 0.717) is 59.6 Å². The Morgan fingerprint density at radius 3 is 2.51 bits per heavy atom. The van der Waals surface area contributed by atoms with Gasteiger partial charge in [0.2, 0.25) is 0 Å². The van der Waals surface area contributed by atoms with Crippen molar-refractivity contribution in [3.05, 3.63) is 124 Å². The summed E-state index contributed by atoms with van der Waals surface area (Å²) in [6, 6.07) is 27.4. The second-order valence-corrected chi connectivity index (χ2v) is 10.0. The minimum Gasteiger partial charge on any atom is -0.481 e. The Morgan fingerprint density at radius 1 is 0.902 bits per heavy atom. The molecule has 6 aromatic rings. The van der Waals surface area contributed by atoms with E-state index in [0.717, 1.165) is 16.5 Å². The van der Waals surface area contributed by atoms with Crippen molar-refractivity contribution in [3.8, 4) is 16.9 Å². The van der Waals surface area contributed by atoms with E-state index >= 15 is 0 Å². The highest BCUT2D eigenvalue weighted by Gasteiger charge is 2.16. The van der Waals surface area contributed by atoms with E-state index in [-0.39, 0.29) is 12.0 Å². The average Bonchev–Trinajstić information content (AvgIpc) is 3.44. The molecule has 2 heterocycles. The number of unbranched alkanes of at least 4 members (excludes halogenated alkanes) is 1. The number of halogens is 1. The number of carbonyl (C=O) groups is 1. The number of aryl methyl sites for hydroxylation is 1. The van der Waals surface area contributed by atoms with Crippen LogP contribution in [0.5, 0.6) is 0 Å². The summed E-state index contributed by atoms with van der Waals surface area (Å²) in [4.78, 5) is 29.4. The molecule has 0 aliphatic rings. The van der Waals surface area contributed by atoms with Gasteiger partial charge in [0.1, 0.15) is 23.1 Å². The van der Waals surface area contributed by atoms with Crippen molar-refractivity contribution in [3.63, 3.8) is 0 Å². The van der Waals surface area contributed by atoms with Crippen LogP contribution in [0, 0.1) is 5.82 Å². The lowest BCUT2D eigenvalue weighted by atomic mass is 10.0. The largest absolute Gasteiger partial charge is 0.481 e. The molecule has 204 valence electrons. The van der Waals surface area contributed by atoms with E-state index in [1.54, 1.807) is 6.07 Å². The van der Waals surface area contributed by atoms with Crippen LogP contribution in [0.25, 0.3) is 38.6 Å². The number of nitrogens with zero attached hydrogens (tertiary/aromatic N) is 3. The van der Waals surface area contributed by atoms with E-state index in [1.807, 2.05) is 30.3 Å². The van der Waals surface area contributed by atoms with Crippen LogP contribution < -0.4 is 5.56 Å². The smallest absolute Gasteiger partial charge is 0.303 e. The first-order valence-electron chi connectivity index (χ1n) is 13.4. The van der Waals surface area contributed by atoms with E-state index < -0.39 is 11.8 Å². The van der Waals surface area contributed by atoms with E-state index in [4.69, 9.17) is 14.6 Å². The van der Waals surface area contributed by atoms with Crippen LogP contribution in [-0.4, -0.2) is 25.8 Å². The van der Waals surface area contributed by atoms with Gasteiger partial charge in [-0.25, -0.2) is 9.37 Å². The van der Waals surface area contributed by atoms with Crippen LogP contribution in [0.2, 0.25) is 0 Å². The zero-order valence-corrected chi connectivity index (χ0v) is 22.1. The molecule has 41 heavy (non-hydrogen) atoms. The summed E-state index contributed by atoms with van der Waals surface area (Å²) in [5.41, 5.74) is 3.22. The maximum atomic E-state index is 13.6. The number of carboxylic acids is 1. The monoisotopic (exact) mass is 547 g/mol. The molecule has 0 aliphatic carbocycles. The fourth-order valence-corrected chi connectivity index (χ4v) is 5.06. The fraction of sp³-hybridized carbons (Fsp3) is 0.152. The van der Waals surface area contributed by atoms with Gasteiger partial charge in [-0.1, -0.05) is 53.7 Å². The highest BCUT2D eigenvalue weighted by Crippen LogP contribution is 2.25. The second kappa shape index (κ2) is 11.2. The normalized spacial score (nSPS) is 11.3. The number of carboxylic acid groups (broad SMARTS) is 1. The summed E-state index contributed by atoms with van der Waals surface area (Å²) in [6.07, 6.45) is 2.00. The van der Waals surface area contributed by atoms with Gasteiger partial charge in [-0.3, -0.25) is 14.2 Å². The quantitative estimate of drug-likeness (QED) is 0.202. The molecule has 8 heteroatoms. The minimum absolute atomic E-state index is 0.0339. The van der Waals surface area contributed by atoms with Crippen molar-refractivity contribution in [1.82, 2.24) is 14.7 Å². The number of rotatable bonds is 9. The van der Waals surface area contributed by atoms with Gasteiger partial charge in [0.15, 0.2) is 0 Å². The first kappa shape index (κ1) is 26.1. The summed E-state index contributed by atoms with van der Waals surface area (Å²) in [5, 5.41) is 16.0. The molecule has 1 N–H and O–H groups in total. The molecular weight excluding hydrogens is 521 g/mol. The number of hydrogen-bond acceptors (Lipinski definition) is 5. The lowest BCUT2D eigenvalue weighted by Gasteiger charge is -2.14. The molecule has 0 amide bonds. The summed E-state index contributed by atoms with van der Waals surface area (Å²) < 4.78 is 20.7. The van der Waals surface area contributed by atoms with Crippen LogP contribution >= 0.6 is 0 Å². The SMILES string of the molecule is O=C(O)CCCCc1nc2cc(-c3cc(Cc4ccc5ccccc5c4)on3)ccc2c(=O)n1-c1ccc(F)cc1. The molecule has 0 saturated carbocycles. The van der Waals surface area contributed by atoms with Gasteiger partial charge in [0.25, 0.3) is 5.56 Å². The predicted molar refractivity (Wildman–Crippen MR) is 155 cm³/mol. The van der Waals surface area contributed by atoms with Gasteiger partial charge >= 0.3 is 5.97 Å². The predicted octanol–water partition coefficient (Wildman–Crippen LogP) is 6.72. The van der Waals surface area contributed by atoms with Gasteiger partial charge in [-0.15, -0.1) is 0 Å². The Hall–Kier alpha value is -5.11. The van der Waals surface area contributed by atoms with Gasteiger partial charge in [-0.2, -0.15) is 0 Å². The summed E-state index contributed by atoms with van der Waals surface area (Å²) in [7, 11) is 0. The van der Waals surface area contributed by atoms with Crippen molar-refractivity contribution in [2.24, 2.45) is 0 Å². The number of benzene rings is 4. The number of aliphatic carboxylic acids is 1. The molecule has 2 aromatic heterocycles. The maximum absolute atomic E-state index is 13.6. The lowest BCUT2D eigenvalue weighted by molar-refractivity contribution is -0.137. The van der Waals surface area contributed by atoms with Crippen molar-refractivity contribution in [2.45, 2.75) is 32.1 Å². The molecule has 6 rings (SSSR count). The third-order valence-electron chi connectivity index (χ3n) is 7.11. The third-order valence-corrected chi connectivity index (χ3v) is 7.11. The first-order valence-corrected chi connectivity index (χ1v) is 13.4. The first-order chi connectivity index (χ1) is 19.9. The fourth-order valence-electron chi connectivity index (χ4n) is 5.06. The van der Waals surface area contributed by atoms with Gasteiger partial charge in [0, 0.05) is 30.9 Å². The zero-order valence-electron chi connectivity index (χ0n) is 22.1. The Balaban J connectivity index is 1.33. The zero-order chi connectivity index (χ0) is 28.3. The van der Waals surface area contributed by atoms with Crippen molar-refractivity contribution >= 4 is 27.6 Å². The molecular formula is C33H26FN3O4. The molecule has 4 aromatic carbocycles. The average molecular weight is 548 g/mol. The lowest BCUT2D eigenvalue weighted by Crippen LogP contribution is -2.24. The maximum Gasteiger partial charge on any atom is 0.303 e. The molecule has 0 fully saturated rings.